The molecule has 1 aliphatic heterocycles. The van der Waals surface area contributed by atoms with Gasteiger partial charge in [0, 0.05) is 35.1 Å². The van der Waals surface area contributed by atoms with Gasteiger partial charge >= 0.3 is 0 Å². The van der Waals surface area contributed by atoms with Crippen LogP contribution in [0, 0.1) is 11.8 Å². The van der Waals surface area contributed by atoms with Crippen LogP contribution in [-0.4, -0.2) is 29.9 Å². The molecule has 1 saturated carbocycles. The van der Waals surface area contributed by atoms with Gasteiger partial charge in [0.15, 0.2) is 0 Å². The number of carbonyl (C=O) groups excluding carboxylic acids is 1. The fourth-order valence-electron chi connectivity index (χ4n) is 3.58. The van der Waals surface area contributed by atoms with Crippen LogP contribution in [0.4, 0.5) is 0 Å². The van der Waals surface area contributed by atoms with E-state index in [0.717, 1.165) is 22.5 Å². The second kappa shape index (κ2) is 4.97. The molecular weight excluding hydrogens is 280 g/mol. The van der Waals surface area contributed by atoms with Crippen molar-refractivity contribution in [2.45, 2.75) is 12.5 Å². The van der Waals surface area contributed by atoms with Crippen LogP contribution in [0.25, 0.3) is 10.4 Å². The fourth-order valence-corrected chi connectivity index (χ4v) is 4.34. The Balaban J connectivity index is 1.69. The number of rotatable bonds is 3. The lowest BCUT2D eigenvalue weighted by atomic mass is 10.0. The van der Waals surface area contributed by atoms with E-state index in [4.69, 9.17) is 5.73 Å². The van der Waals surface area contributed by atoms with Crippen molar-refractivity contribution in [1.29, 1.82) is 0 Å². The number of fused-ring (bicyclic) bond motifs is 1. The average Bonchev–Trinajstić information content (AvgIpc) is 2.96. The number of nitrogens with two attached hydrogens (primary N) is 1. The van der Waals surface area contributed by atoms with Gasteiger partial charge in [0.2, 0.25) is 0 Å². The summed E-state index contributed by atoms with van der Waals surface area (Å²) in [5.74, 6) is 1.48. The molecule has 4 rings (SSSR count). The summed E-state index contributed by atoms with van der Waals surface area (Å²) < 4.78 is 0. The molecule has 4 heteroatoms. The lowest BCUT2D eigenvalue weighted by Gasteiger charge is -2.27. The number of likely N-dealkylation sites (tertiary alicyclic amines) is 1. The number of thiophene rings is 1. The largest absolute Gasteiger partial charge is 0.334 e. The van der Waals surface area contributed by atoms with E-state index in [-0.39, 0.29) is 11.9 Å². The molecule has 0 spiro atoms. The quantitative estimate of drug-likeness (QED) is 0.947. The molecular formula is C17H18N2OS. The van der Waals surface area contributed by atoms with Crippen molar-refractivity contribution in [2.24, 2.45) is 17.6 Å². The minimum Gasteiger partial charge on any atom is -0.334 e. The Morgan fingerprint density at radius 2 is 2.14 bits per heavy atom. The van der Waals surface area contributed by atoms with Crippen molar-refractivity contribution in [2.75, 3.05) is 13.1 Å². The second-order valence-corrected chi connectivity index (χ2v) is 6.89. The molecule has 2 heterocycles. The van der Waals surface area contributed by atoms with Gasteiger partial charge in [-0.1, -0.05) is 24.3 Å². The molecule has 3 atom stereocenters. The standard InChI is InChI=1S/C17H18N2OS/c18-9-15-14-8-11(14)10-19(15)17(20)13-5-2-1-4-12(13)16-6-3-7-21-16/h1-7,11,14-15H,8-10,18H2/t11-,14-,15+/m0/s1. The summed E-state index contributed by atoms with van der Waals surface area (Å²) in [6.07, 6.45) is 1.25. The Labute approximate surface area is 128 Å². The highest BCUT2D eigenvalue weighted by Gasteiger charge is 2.53. The van der Waals surface area contributed by atoms with Crippen molar-refractivity contribution < 1.29 is 4.79 Å². The number of piperidine rings is 1. The maximum absolute atomic E-state index is 13.0. The smallest absolute Gasteiger partial charge is 0.254 e. The Kier molecular flexibility index (Phi) is 3.08. The number of nitrogens with zero attached hydrogens (tertiary/aromatic N) is 1. The number of hydrogen-bond donors (Lipinski definition) is 1. The van der Waals surface area contributed by atoms with E-state index in [1.165, 1.54) is 6.42 Å². The van der Waals surface area contributed by atoms with E-state index >= 15 is 0 Å². The first kappa shape index (κ1) is 13.0. The van der Waals surface area contributed by atoms with Crippen molar-refractivity contribution in [3.8, 4) is 10.4 Å². The Bertz CT molecular complexity index is 667. The van der Waals surface area contributed by atoms with Gasteiger partial charge in [0.25, 0.3) is 5.91 Å². The summed E-state index contributed by atoms with van der Waals surface area (Å²) in [6, 6.07) is 12.2. The molecule has 3 nitrogen and oxygen atoms in total. The van der Waals surface area contributed by atoms with Crippen LogP contribution in [0.1, 0.15) is 16.8 Å². The molecule has 1 amide bonds. The molecule has 2 aliphatic rings. The Hall–Kier alpha value is -1.65. The zero-order valence-corrected chi connectivity index (χ0v) is 12.6. The lowest BCUT2D eigenvalue weighted by Crippen LogP contribution is -2.42. The highest BCUT2D eigenvalue weighted by Crippen LogP contribution is 2.49. The van der Waals surface area contributed by atoms with Gasteiger partial charge in [-0.3, -0.25) is 4.79 Å². The highest BCUT2D eigenvalue weighted by molar-refractivity contribution is 7.13. The number of benzene rings is 1. The monoisotopic (exact) mass is 298 g/mol. The average molecular weight is 298 g/mol. The lowest BCUT2D eigenvalue weighted by molar-refractivity contribution is 0.0713. The summed E-state index contributed by atoms with van der Waals surface area (Å²) in [6.45, 7) is 1.46. The van der Waals surface area contributed by atoms with Crippen LogP contribution in [-0.2, 0) is 0 Å². The van der Waals surface area contributed by atoms with Crippen LogP contribution >= 0.6 is 11.3 Å². The van der Waals surface area contributed by atoms with Crippen LogP contribution in [0.5, 0.6) is 0 Å². The summed E-state index contributed by atoms with van der Waals surface area (Å²) in [4.78, 5) is 16.1. The molecule has 1 aromatic carbocycles. The first-order chi connectivity index (χ1) is 10.3. The second-order valence-electron chi connectivity index (χ2n) is 5.94. The number of carbonyl (C=O) groups is 1. The van der Waals surface area contributed by atoms with Crippen LogP contribution in [0.2, 0.25) is 0 Å². The van der Waals surface area contributed by atoms with E-state index in [0.29, 0.717) is 18.4 Å². The SMILES string of the molecule is NC[C@@H]1[C@H]2C[C@H]2CN1C(=O)c1ccccc1-c1cccs1. The number of amides is 1. The number of hydrogen-bond acceptors (Lipinski definition) is 3. The van der Waals surface area contributed by atoms with Gasteiger partial charge < -0.3 is 10.6 Å². The molecule has 0 radical (unpaired) electrons. The van der Waals surface area contributed by atoms with E-state index < -0.39 is 0 Å². The summed E-state index contributed by atoms with van der Waals surface area (Å²) in [7, 11) is 0. The van der Waals surface area contributed by atoms with Crippen molar-refractivity contribution in [3.05, 3.63) is 47.3 Å². The summed E-state index contributed by atoms with van der Waals surface area (Å²) in [5.41, 5.74) is 7.74. The third-order valence-corrected chi connectivity index (χ3v) is 5.65. The summed E-state index contributed by atoms with van der Waals surface area (Å²) in [5, 5.41) is 2.05. The third kappa shape index (κ3) is 2.10. The maximum Gasteiger partial charge on any atom is 0.254 e. The van der Waals surface area contributed by atoms with Crippen LogP contribution in [0.3, 0.4) is 0 Å². The molecule has 2 fully saturated rings. The molecule has 108 valence electrons. The minimum atomic E-state index is 0.140. The van der Waals surface area contributed by atoms with E-state index in [1.54, 1.807) is 11.3 Å². The van der Waals surface area contributed by atoms with Gasteiger partial charge in [0.1, 0.15) is 0 Å². The predicted molar refractivity (Wildman–Crippen MR) is 85.2 cm³/mol. The predicted octanol–water partition coefficient (Wildman–Crippen LogP) is 2.83. The molecule has 2 N–H and O–H groups in total. The molecule has 1 saturated heterocycles. The van der Waals surface area contributed by atoms with Gasteiger partial charge in [-0.05, 0) is 35.8 Å². The van der Waals surface area contributed by atoms with Gasteiger partial charge in [0.05, 0.1) is 0 Å². The molecule has 0 bridgehead atoms. The normalized spacial score (nSPS) is 26.7. The molecule has 21 heavy (non-hydrogen) atoms. The Morgan fingerprint density at radius 3 is 2.90 bits per heavy atom. The zero-order valence-electron chi connectivity index (χ0n) is 11.7. The van der Waals surface area contributed by atoms with Crippen molar-refractivity contribution >= 4 is 17.2 Å². The molecule has 0 unspecified atom stereocenters. The molecule has 1 aromatic heterocycles. The van der Waals surface area contributed by atoms with Crippen LogP contribution in [0.15, 0.2) is 41.8 Å². The fraction of sp³-hybridized carbons (Fsp3) is 0.353. The van der Waals surface area contributed by atoms with E-state index in [1.807, 2.05) is 40.6 Å². The maximum atomic E-state index is 13.0. The topological polar surface area (TPSA) is 46.3 Å². The third-order valence-electron chi connectivity index (χ3n) is 4.75. The first-order valence-corrected chi connectivity index (χ1v) is 8.31. The van der Waals surface area contributed by atoms with Crippen molar-refractivity contribution in [1.82, 2.24) is 4.90 Å². The highest BCUT2D eigenvalue weighted by atomic mass is 32.1. The molecule has 2 aromatic rings. The van der Waals surface area contributed by atoms with E-state index in [9.17, 15) is 4.79 Å². The van der Waals surface area contributed by atoms with Crippen LogP contribution < -0.4 is 5.73 Å². The minimum absolute atomic E-state index is 0.140. The van der Waals surface area contributed by atoms with E-state index in [2.05, 4.69) is 6.07 Å². The Morgan fingerprint density at radius 1 is 1.29 bits per heavy atom. The van der Waals surface area contributed by atoms with Gasteiger partial charge in [-0.15, -0.1) is 11.3 Å². The molecule has 1 aliphatic carbocycles. The first-order valence-electron chi connectivity index (χ1n) is 7.43. The van der Waals surface area contributed by atoms with Gasteiger partial charge in [-0.25, -0.2) is 0 Å². The van der Waals surface area contributed by atoms with Gasteiger partial charge in [-0.2, -0.15) is 0 Å². The van der Waals surface area contributed by atoms with Crippen molar-refractivity contribution in [3.63, 3.8) is 0 Å². The zero-order chi connectivity index (χ0) is 14.4. The summed E-state index contributed by atoms with van der Waals surface area (Å²) >= 11 is 1.67.